The summed E-state index contributed by atoms with van der Waals surface area (Å²) in [6, 6.07) is 0.904. The SMILES string of the molecule is CSCCC(NC(=O)C(CO)NC(=O)C(N)Cc1ccc(O)cc1)C(=O)NC(CO)C(=O)O. The van der Waals surface area contributed by atoms with E-state index in [0.717, 1.165) is 0 Å². The van der Waals surface area contributed by atoms with Crippen molar-refractivity contribution in [2.45, 2.75) is 37.0 Å². The van der Waals surface area contributed by atoms with Gasteiger partial charge in [0, 0.05) is 0 Å². The normalized spacial score (nSPS) is 14.4. The average Bonchev–Trinajstić information content (AvgIpc) is 2.79. The van der Waals surface area contributed by atoms with Gasteiger partial charge in [0.15, 0.2) is 0 Å². The lowest BCUT2D eigenvalue weighted by molar-refractivity contribution is -0.143. The maximum absolute atomic E-state index is 12.6. The van der Waals surface area contributed by atoms with Gasteiger partial charge < -0.3 is 42.1 Å². The second kappa shape index (κ2) is 14.3. The first kappa shape index (κ1) is 28.2. The van der Waals surface area contributed by atoms with Crippen molar-refractivity contribution in [3.63, 3.8) is 0 Å². The summed E-state index contributed by atoms with van der Waals surface area (Å²) < 4.78 is 0. The van der Waals surface area contributed by atoms with Gasteiger partial charge in [-0.1, -0.05) is 12.1 Å². The third-order valence-corrected chi connectivity index (χ3v) is 5.23. The fourth-order valence-electron chi connectivity index (χ4n) is 2.69. The third kappa shape index (κ3) is 9.65. The molecule has 13 heteroatoms. The minimum Gasteiger partial charge on any atom is -0.508 e. The first-order chi connectivity index (χ1) is 15.6. The molecule has 0 radical (unpaired) electrons. The molecule has 9 N–H and O–H groups in total. The van der Waals surface area contributed by atoms with Crippen molar-refractivity contribution in [3.8, 4) is 5.75 Å². The number of phenolic OH excluding ortho intramolecular Hbond substituents is 1. The van der Waals surface area contributed by atoms with E-state index in [1.54, 1.807) is 18.4 Å². The molecule has 0 aromatic heterocycles. The average molecular weight is 487 g/mol. The monoisotopic (exact) mass is 486 g/mol. The summed E-state index contributed by atoms with van der Waals surface area (Å²) in [5.74, 6) is -3.34. The molecule has 1 rings (SSSR count). The number of carboxylic acid groups (broad SMARTS) is 1. The molecule has 1 aromatic carbocycles. The molecule has 4 unspecified atom stereocenters. The second-order valence-electron chi connectivity index (χ2n) is 7.15. The van der Waals surface area contributed by atoms with Gasteiger partial charge in [0.1, 0.15) is 23.9 Å². The Bertz CT molecular complexity index is 808. The lowest BCUT2D eigenvalue weighted by Crippen LogP contribution is -2.58. The van der Waals surface area contributed by atoms with Gasteiger partial charge in [-0.25, -0.2) is 4.79 Å². The third-order valence-electron chi connectivity index (χ3n) is 4.59. The Kier molecular flexibility index (Phi) is 12.2. The lowest BCUT2D eigenvalue weighted by Gasteiger charge is -2.24. The van der Waals surface area contributed by atoms with E-state index in [0.29, 0.717) is 11.3 Å². The molecule has 1 aromatic rings. The largest absolute Gasteiger partial charge is 0.508 e. The van der Waals surface area contributed by atoms with Crippen LogP contribution in [0.4, 0.5) is 0 Å². The molecule has 0 aliphatic carbocycles. The minimum absolute atomic E-state index is 0.0579. The minimum atomic E-state index is -1.54. The summed E-state index contributed by atoms with van der Waals surface area (Å²) in [7, 11) is 0. The Hall–Kier alpha value is -2.87. The molecule has 0 saturated heterocycles. The standard InChI is InChI=1S/C20H30N4O8S/c1-33-7-6-14(18(29)24-16(10-26)20(31)32)22-19(30)15(9-25)23-17(28)13(21)8-11-2-4-12(27)5-3-11/h2-5,13-16,25-27H,6-10,21H2,1H3,(H,22,30)(H,23,28)(H,24,29)(H,31,32). The Morgan fingerprint density at radius 1 is 0.909 bits per heavy atom. The van der Waals surface area contributed by atoms with Crippen LogP contribution in [0.2, 0.25) is 0 Å². The zero-order valence-electron chi connectivity index (χ0n) is 18.1. The van der Waals surface area contributed by atoms with Crippen LogP contribution in [0, 0.1) is 0 Å². The second-order valence-corrected chi connectivity index (χ2v) is 8.13. The zero-order valence-corrected chi connectivity index (χ0v) is 18.9. The van der Waals surface area contributed by atoms with Crippen molar-refractivity contribution < 1.29 is 39.6 Å². The van der Waals surface area contributed by atoms with Crippen molar-refractivity contribution in [2.75, 3.05) is 25.2 Å². The number of hydrogen-bond donors (Lipinski definition) is 8. The number of carbonyl (C=O) groups is 4. The smallest absolute Gasteiger partial charge is 0.328 e. The highest BCUT2D eigenvalue weighted by Crippen LogP contribution is 2.11. The molecule has 0 saturated carbocycles. The molecule has 0 fully saturated rings. The van der Waals surface area contributed by atoms with E-state index >= 15 is 0 Å². The van der Waals surface area contributed by atoms with E-state index in [4.69, 9.17) is 15.9 Å². The van der Waals surface area contributed by atoms with Crippen LogP contribution in [0.1, 0.15) is 12.0 Å². The predicted molar refractivity (Wildman–Crippen MR) is 120 cm³/mol. The van der Waals surface area contributed by atoms with Gasteiger partial charge in [-0.05, 0) is 42.5 Å². The summed E-state index contributed by atoms with van der Waals surface area (Å²) in [5, 5.41) is 43.8. The van der Waals surface area contributed by atoms with Crippen molar-refractivity contribution in [2.24, 2.45) is 5.73 Å². The topological polar surface area (TPSA) is 211 Å². The van der Waals surface area contributed by atoms with E-state index in [1.807, 2.05) is 0 Å². The van der Waals surface area contributed by atoms with Crippen LogP contribution in [0.15, 0.2) is 24.3 Å². The number of carbonyl (C=O) groups excluding carboxylic acids is 3. The van der Waals surface area contributed by atoms with Crippen LogP contribution in [-0.2, 0) is 25.6 Å². The van der Waals surface area contributed by atoms with Gasteiger partial charge in [0.25, 0.3) is 0 Å². The molecule has 33 heavy (non-hydrogen) atoms. The highest BCUT2D eigenvalue weighted by atomic mass is 32.2. The van der Waals surface area contributed by atoms with Gasteiger partial charge in [-0.15, -0.1) is 0 Å². The van der Waals surface area contributed by atoms with Gasteiger partial charge in [0.05, 0.1) is 19.3 Å². The number of nitrogens with two attached hydrogens (primary N) is 1. The first-order valence-corrected chi connectivity index (χ1v) is 11.4. The maximum atomic E-state index is 12.6. The number of aliphatic carboxylic acids is 1. The van der Waals surface area contributed by atoms with Gasteiger partial charge in [-0.3, -0.25) is 14.4 Å². The van der Waals surface area contributed by atoms with Gasteiger partial charge >= 0.3 is 5.97 Å². The number of hydrogen-bond acceptors (Lipinski definition) is 9. The van der Waals surface area contributed by atoms with E-state index in [9.17, 15) is 29.4 Å². The highest BCUT2D eigenvalue weighted by molar-refractivity contribution is 7.98. The molecule has 4 atom stereocenters. The molecule has 0 heterocycles. The first-order valence-electron chi connectivity index (χ1n) is 10.0. The quantitative estimate of drug-likeness (QED) is 0.139. The summed E-state index contributed by atoms with van der Waals surface area (Å²) in [5.41, 5.74) is 6.54. The van der Waals surface area contributed by atoms with Crippen LogP contribution in [0.25, 0.3) is 0 Å². The summed E-state index contributed by atoms with van der Waals surface area (Å²) in [6.07, 6.45) is 2.03. The number of rotatable bonds is 14. The van der Waals surface area contributed by atoms with Gasteiger partial charge in [-0.2, -0.15) is 11.8 Å². The number of amides is 3. The van der Waals surface area contributed by atoms with E-state index in [1.165, 1.54) is 23.9 Å². The Morgan fingerprint density at radius 2 is 1.42 bits per heavy atom. The Morgan fingerprint density at radius 3 is 1.94 bits per heavy atom. The van der Waals surface area contributed by atoms with Crippen molar-refractivity contribution in [1.29, 1.82) is 0 Å². The number of benzene rings is 1. The zero-order chi connectivity index (χ0) is 25.0. The molecule has 0 aliphatic rings. The molecule has 12 nitrogen and oxygen atoms in total. The van der Waals surface area contributed by atoms with E-state index < -0.39 is 61.1 Å². The number of aliphatic hydroxyl groups excluding tert-OH is 2. The molecule has 0 spiro atoms. The number of thioether (sulfide) groups is 1. The van der Waals surface area contributed by atoms with E-state index in [-0.39, 0.29) is 18.6 Å². The Labute approximate surface area is 194 Å². The summed E-state index contributed by atoms with van der Waals surface area (Å²) >= 11 is 1.39. The number of nitrogens with one attached hydrogen (secondary N) is 3. The van der Waals surface area contributed by atoms with Crippen LogP contribution < -0.4 is 21.7 Å². The maximum Gasteiger partial charge on any atom is 0.328 e. The fourth-order valence-corrected chi connectivity index (χ4v) is 3.16. The predicted octanol–water partition coefficient (Wildman–Crippen LogP) is -2.46. The number of aromatic hydroxyl groups is 1. The van der Waals surface area contributed by atoms with Crippen LogP contribution in [0.5, 0.6) is 5.75 Å². The van der Waals surface area contributed by atoms with Crippen LogP contribution >= 0.6 is 11.8 Å². The van der Waals surface area contributed by atoms with Crippen molar-refractivity contribution >= 4 is 35.5 Å². The fraction of sp³-hybridized carbons (Fsp3) is 0.500. The molecule has 3 amide bonds. The molecule has 184 valence electrons. The van der Waals surface area contributed by atoms with Crippen LogP contribution in [-0.4, -0.2) is 93.5 Å². The van der Waals surface area contributed by atoms with Crippen LogP contribution in [0.3, 0.4) is 0 Å². The number of phenols is 1. The van der Waals surface area contributed by atoms with Gasteiger partial charge in [0.2, 0.25) is 17.7 Å². The number of carboxylic acids is 1. The van der Waals surface area contributed by atoms with E-state index in [2.05, 4.69) is 16.0 Å². The summed E-state index contributed by atoms with van der Waals surface area (Å²) in [6.45, 7) is -1.60. The Balaban J connectivity index is 2.77. The van der Waals surface area contributed by atoms with Crippen molar-refractivity contribution in [1.82, 2.24) is 16.0 Å². The molecule has 0 bridgehead atoms. The molecule has 0 aliphatic heterocycles. The highest BCUT2D eigenvalue weighted by Gasteiger charge is 2.29. The lowest BCUT2D eigenvalue weighted by atomic mass is 10.1. The van der Waals surface area contributed by atoms with Crippen molar-refractivity contribution in [3.05, 3.63) is 29.8 Å². The molecular formula is C20H30N4O8S. The molecular weight excluding hydrogens is 456 g/mol. The summed E-state index contributed by atoms with van der Waals surface area (Å²) in [4.78, 5) is 48.4. The number of aliphatic hydroxyl groups is 2.